The van der Waals surface area contributed by atoms with Crippen molar-refractivity contribution >= 4 is 15.7 Å². The van der Waals surface area contributed by atoms with Gasteiger partial charge in [0.25, 0.3) is 5.91 Å². The Morgan fingerprint density at radius 2 is 2.00 bits per heavy atom. The van der Waals surface area contributed by atoms with Crippen molar-refractivity contribution in [2.24, 2.45) is 0 Å². The molecule has 8 nitrogen and oxygen atoms in total. The number of carbonyl (C=O) groups excluding carboxylic acids is 1. The van der Waals surface area contributed by atoms with Crippen molar-refractivity contribution in [1.82, 2.24) is 15.5 Å². The van der Waals surface area contributed by atoms with E-state index in [2.05, 4.69) is 15.5 Å². The van der Waals surface area contributed by atoms with Gasteiger partial charge in [0, 0.05) is 18.7 Å². The number of alkyl halides is 3. The van der Waals surface area contributed by atoms with Crippen LogP contribution in [0, 0.1) is 6.92 Å². The first-order valence-electron chi connectivity index (χ1n) is 9.40. The Morgan fingerprint density at radius 1 is 1.32 bits per heavy atom. The maximum atomic E-state index is 12.9. The number of halogens is 3. The number of aromatic nitrogens is 2. The maximum Gasteiger partial charge on any atom is 0.422 e. The first-order chi connectivity index (χ1) is 14.3. The number of carbonyl (C=O) groups is 1. The standard InChI is InChI=1S/C19H22F3N3O5S/c1-11-23-17(25-30-11)18(2,10-31(3,27)28)24-16(26)13-6-7-14(12-4-5-12)15(8-13)29-9-19(20,21)22/h6-8,12H,4-5,9-10H2,1-3H3,(H,24,26). The summed E-state index contributed by atoms with van der Waals surface area (Å²) in [6, 6.07) is 4.26. The summed E-state index contributed by atoms with van der Waals surface area (Å²) in [5, 5.41) is 6.30. The summed E-state index contributed by atoms with van der Waals surface area (Å²) in [6.45, 7) is 1.46. The molecule has 1 atom stereocenters. The lowest BCUT2D eigenvalue weighted by atomic mass is 10.0. The van der Waals surface area contributed by atoms with Gasteiger partial charge in [0.15, 0.2) is 12.4 Å². The molecule has 1 aromatic carbocycles. The summed E-state index contributed by atoms with van der Waals surface area (Å²) in [6.07, 6.45) is -1.86. The molecule has 1 N–H and O–H groups in total. The van der Waals surface area contributed by atoms with Crippen LogP contribution in [-0.2, 0) is 15.4 Å². The lowest BCUT2D eigenvalue weighted by Gasteiger charge is -2.27. The van der Waals surface area contributed by atoms with Crippen LogP contribution in [-0.4, -0.2) is 49.3 Å². The smallest absolute Gasteiger partial charge is 0.422 e. The molecule has 1 aliphatic rings. The number of hydrogen-bond acceptors (Lipinski definition) is 7. The van der Waals surface area contributed by atoms with E-state index in [0.29, 0.717) is 5.56 Å². The summed E-state index contributed by atoms with van der Waals surface area (Å²) in [4.78, 5) is 16.9. The van der Waals surface area contributed by atoms with Gasteiger partial charge < -0.3 is 14.6 Å². The van der Waals surface area contributed by atoms with Crippen LogP contribution < -0.4 is 10.1 Å². The summed E-state index contributed by atoms with van der Waals surface area (Å²) >= 11 is 0. The summed E-state index contributed by atoms with van der Waals surface area (Å²) < 4.78 is 71.6. The lowest BCUT2D eigenvalue weighted by molar-refractivity contribution is -0.153. The predicted molar refractivity (Wildman–Crippen MR) is 104 cm³/mol. The Morgan fingerprint density at radius 3 is 2.52 bits per heavy atom. The highest BCUT2D eigenvalue weighted by Gasteiger charge is 2.38. The molecule has 0 aliphatic heterocycles. The molecule has 1 saturated carbocycles. The molecule has 170 valence electrons. The average Bonchev–Trinajstić information content (AvgIpc) is 3.37. The van der Waals surface area contributed by atoms with Gasteiger partial charge in [-0.15, -0.1) is 0 Å². The van der Waals surface area contributed by atoms with Gasteiger partial charge in [-0.25, -0.2) is 8.42 Å². The van der Waals surface area contributed by atoms with Crippen molar-refractivity contribution in [2.45, 2.75) is 44.3 Å². The third-order valence-electron chi connectivity index (χ3n) is 4.65. The number of benzene rings is 1. The molecule has 1 fully saturated rings. The Kier molecular flexibility index (Phi) is 6.05. The summed E-state index contributed by atoms with van der Waals surface area (Å²) in [7, 11) is -3.58. The molecule has 0 spiro atoms. The fourth-order valence-electron chi connectivity index (χ4n) is 3.22. The Labute approximate surface area is 177 Å². The van der Waals surface area contributed by atoms with E-state index in [1.807, 2.05) is 0 Å². The second-order valence-corrected chi connectivity index (χ2v) is 10.1. The number of ether oxygens (including phenoxy) is 1. The van der Waals surface area contributed by atoms with E-state index in [-0.39, 0.29) is 28.9 Å². The van der Waals surface area contributed by atoms with E-state index in [1.54, 1.807) is 6.07 Å². The molecule has 1 aliphatic carbocycles. The van der Waals surface area contributed by atoms with Crippen LogP contribution in [0.2, 0.25) is 0 Å². The number of amides is 1. The number of sulfone groups is 1. The van der Waals surface area contributed by atoms with Crippen LogP contribution in [0.1, 0.15) is 53.3 Å². The zero-order chi connectivity index (χ0) is 23.0. The van der Waals surface area contributed by atoms with Crippen LogP contribution in [0.3, 0.4) is 0 Å². The largest absolute Gasteiger partial charge is 0.484 e. The molecule has 1 unspecified atom stereocenters. The Hall–Kier alpha value is -2.63. The molecule has 1 heterocycles. The van der Waals surface area contributed by atoms with Gasteiger partial charge in [-0.05, 0) is 43.4 Å². The molecule has 0 radical (unpaired) electrons. The van der Waals surface area contributed by atoms with E-state index in [9.17, 15) is 26.4 Å². The van der Waals surface area contributed by atoms with Crippen LogP contribution in [0.4, 0.5) is 13.2 Å². The first-order valence-corrected chi connectivity index (χ1v) is 11.5. The molecular formula is C19H22F3N3O5S. The molecule has 1 amide bonds. The molecule has 3 rings (SSSR count). The van der Waals surface area contributed by atoms with Gasteiger partial charge in [0.1, 0.15) is 21.1 Å². The highest BCUT2D eigenvalue weighted by Crippen LogP contribution is 2.44. The van der Waals surface area contributed by atoms with Crippen LogP contribution >= 0.6 is 0 Å². The van der Waals surface area contributed by atoms with E-state index in [1.165, 1.54) is 26.0 Å². The quantitative estimate of drug-likeness (QED) is 0.643. The minimum Gasteiger partial charge on any atom is -0.484 e. The van der Waals surface area contributed by atoms with Gasteiger partial charge in [0.05, 0.1) is 5.75 Å². The van der Waals surface area contributed by atoms with E-state index in [0.717, 1.165) is 19.1 Å². The van der Waals surface area contributed by atoms with E-state index >= 15 is 0 Å². The number of nitrogens with one attached hydrogen (secondary N) is 1. The van der Waals surface area contributed by atoms with Gasteiger partial charge in [-0.2, -0.15) is 18.2 Å². The van der Waals surface area contributed by atoms with Crippen molar-refractivity contribution in [3.63, 3.8) is 0 Å². The topological polar surface area (TPSA) is 111 Å². The Balaban J connectivity index is 1.89. The summed E-state index contributed by atoms with van der Waals surface area (Å²) in [5.74, 6) is -1.01. The average molecular weight is 461 g/mol. The Bertz CT molecular complexity index is 1080. The number of hydrogen-bond donors (Lipinski definition) is 1. The number of nitrogens with zero attached hydrogens (tertiary/aromatic N) is 2. The molecular weight excluding hydrogens is 439 g/mol. The molecule has 0 saturated heterocycles. The third-order valence-corrected chi connectivity index (χ3v) is 5.75. The van der Waals surface area contributed by atoms with Crippen molar-refractivity contribution < 1.29 is 35.6 Å². The second-order valence-electron chi connectivity index (χ2n) is 7.92. The highest BCUT2D eigenvalue weighted by atomic mass is 32.2. The van der Waals surface area contributed by atoms with Gasteiger partial charge >= 0.3 is 6.18 Å². The van der Waals surface area contributed by atoms with E-state index < -0.39 is 39.8 Å². The number of aryl methyl sites for hydroxylation is 1. The number of rotatable bonds is 8. The third kappa shape index (κ3) is 6.18. The van der Waals surface area contributed by atoms with E-state index in [4.69, 9.17) is 9.26 Å². The van der Waals surface area contributed by atoms with Gasteiger partial charge in [0.2, 0.25) is 5.89 Å². The second kappa shape index (κ2) is 8.13. The molecule has 2 aromatic rings. The minimum absolute atomic E-state index is 0.0153. The molecule has 31 heavy (non-hydrogen) atoms. The van der Waals surface area contributed by atoms with Gasteiger partial charge in [-0.3, -0.25) is 4.79 Å². The highest BCUT2D eigenvalue weighted by molar-refractivity contribution is 7.90. The van der Waals surface area contributed by atoms with Crippen molar-refractivity contribution in [3.8, 4) is 5.75 Å². The van der Waals surface area contributed by atoms with Crippen molar-refractivity contribution in [1.29, 1.82) is 0 Å². The molecule has 0 bridgehead atoms. The fraction of sp³-hybridized carbons (Fsp3) is 0.526. The van der Waals surface area contributed by atoms with Crippen molar-refractivity contribution in [3.05, 3.63) is 41.0 Å². The fourth-order valence-corrected chi connectivity index (χ4v) is 4.47. The molecule has 1 aromatic heterocycles. The molecule has 12 heteroatoms. The first kappa shape index (κ1) is 23.0. The monoisotopic (exact) mass is 461 g/mol. The van der Waals surface area contributed by atoms with Crippen LogP contribution in [0.15, 0.2) is 22.7 Å². The zero-order valence-corrected chi connectivity index (χ0v) is 17.9. The summed E-state index contributed by atoms with van der Waals surface area (Å²) in [5.41, 5.74) is -0.903. The lowest BCUT2D eigenvalue weighted by Crippen LogP contribution is -2.49. The van der Waals surface area contributed by atoms with Crippen molar-refractivity contribution in [2.75, 3.05) is 18.6 Å². The van der Waals surface area contributed by atoms with Crippen LogP contribution in [0.25, 0.3) is 0 Å². The normalized spacial score (nSPS) is 16.6. The predicted octanol–water partition coefficient (Wildman–Crippen LogP) is 2.89. The van der Waals surface area contributed by atoms with Gasteiger partial charge in [-0.1, -0.05) is 11.2 Å². The zero-order valence-electron chi connectivity index (χ0n) is 17.1. The minimum atomic E-state index is -4.52. The van der Waals surface area contributed by atoms with Crippen LogP contribution in [0.5, 0.6) is 5.75 Å². The maximum absolute atomic E-state index is 12.9. The SMILES string of the molecule is Cc1nc(C(C)(CS(C)(=O)=O)NC(=O)c2ccc(C3CC3)c(OCC(F)(F)F)c2)no1.